The van der Waals surface area contributed by atoms with E-state index in [4.69, 9.17) is 18.9 Å². The topological polar surface area (TPSA) is 53.1 Å². The van der Waals surface area contributed by atoms with Gasteiger partial charge in [-0.2, -0.15) is 0 Å². The Balaban J connectivity index is 1.85. The van der Waals surface area contributed by atoms with E-state index in [0.29, 0.717) is 26.4 Å². The molecular weight excluding hydrogens is 296 g/mol. The first-order valence-electron chi connectivity index (χ1n) is 8.02. The molecule has 2 heterocycles. The standard InChI is InChI=1S/C17H26N2O4/c1-3-20-10-9-19-13-16(14-22-12-11-21-4-2)23-17(19)15-5-7-18-8-6-15/h4-8,16-17H,2-3,9-14H2,1H3. The third-order valence-corrected chi connectivity index (χ3v) is 3.58. The highest BCUT2D eigenvalue weighted by Gasteiger charge is 2.33. The lowest BCUT2D eigenvalue weighted by Gasteiger charge is -2.22. The second-order valence-electron chi connectivity index (χ2n) is 5.20. The Labute approximate surface area is 138 Å². The largest absolute Gasteiger partial charge is 0.499 e. The lowest BCUT2D eigenvalue weighted by molar-refractivity contribution is -0.0428. The van der Waals surface area contributed by atoms with Gasteiger partial charge in [0.25, 0.3) is 0 Å². The third kappa shape index (κ3) is 5.91. The summed E-state index contributed by atoms with van der Waals surface area (Å²) in [5.74, 6) is 0. The van der Waals surface area contributed by atoms with E-state index in [2.05, 4.69) is 16.5 Å². The summed E-state index contributed by atoms with van der Waals surface area (Å²) in [6, 6.07) is 3.97. The van der Waals surface area contributed by atoms with Crippen molar-refractivity contribution in [3.63, 3.8) is 0 Å². The van der Waals surface area contributed by atoms with Gasteiger partial charge in [0.1, 0.15) is 12.8 Å². The van der Waals surface area contributed by atoms with Crippen molar-refractivity contribution in [3.05, 3.63) is 42.9 Å². The molecule has 0 aromatic carbocycles. The maximum Gasteiger partial charge on any atom is 0.137 e. The summed E-state index contributed by atoms with van der Waals surface area (Å²) in [4.78, 5) is 6.35. The van der Waals surface area contributed by atoms with Crippen LogP contribution in [0.2, 0.25) is 0 Å². The van der Waals surface area contributed by atoms with E-state index in [1.165, 1.54) is 6.26 Å². The first kappa shape index (κ1) is 17.9. The van der Waals surface area contributed by atoms with Gasteiger partial charge in [-0.05, 0) is 24.6 Å². The van der Waals surface area contributed by atoms with Crippen molar-refractivity contribution in [2.75, 3.05) is 46.1 Å². The highest BCUT2D eigenvalue weighted by Crippen LogP contribution is 2.29. The summed E-state index contributed by atoms with van der Waals surface area (Å²) in [5, 5.41) is 0. The van der Waals surface area contributed by atoms with Crippen LogP contribution in [0.15, 0.2) is 37.4 Å². The van der Waals surface area contributed by atoms with Gasteiger partial charge in [0, 0.05) is 32.1 Å². The molecule has 1 aliphatic heterocycles. The molecule has 0 amide bonds. The fraction of sp³-hybridized carbons (Fsp3) is 0.588. The zero-order chi connectivity index (χ0) is 16.3. The van der Waals surface area contributed by atoms with Crippen LogP contribution in [-0.4, -0.2) is 62.1 Å². The highest BCUT2D eigenvalue weighted by molar-refractivity contribution is 5.14. The first-order valence-corrected chi connectivity index (χ1v) is 8.02. The molecule has 2 rings (SSSR count). The fourth-order valence-electron chi connectivity index (χ4n) is 2.52. The average Bonchev–Trinajstić information content (AvgIpc) is 2.99. The van der Waals surface area contributed by atoms with Crippen molar-refractivity contribution in [2.24, 2.45) is 0 Å². The Kier molecular flexibility index (Phi) is 8.03. The Bertz CT molecular complexity index is 443. The minimum Gasteiger partial charge on any atom is -0.499 e. The second kappa shape index (κ2) is 10.3. The van der Waals surface area contributed by atoms with Crippen LogP contribution in [-0.2, 0) is 18.9 Å². The van der Waals surface area contributed by atoms with Gasteiger partial charge < -0.3 is 18.9 Å². The van der Waals surface area contributed by atoms with Gasteiger partial charge in [-0.15, -0.1) is 0 Å². The Hall–Kier alpha value is -1.47. The van der Waals surface area contributed by atoms with E-state index in [0.717, 1.165) is 25.3 Å². The van der Waals surface area contributed by atoms with Crippen LogP contribution in [0, 0.1) is 0 Å². The lowest BCUT2D eigenvalue weighted by Crippen LogP contribution is -2.29. The average molecular weight is 322 g/mol. The molecule has 1 aromatic rings. The summed E-state index contributed by atoms with van der Waals surface area (Å²) >= 11 is 0. The number of ether oxygens (including phenoxy) is 4. The zero-order valence-corrected chi connectivity index (χ0v) is 13.7. The van der Waals surface area contributed by atoms with Crippen molar-refractivity contribution in [2.45, 2.75) is 19.3 Å². The minimum atomic E-state index is -0.0727. The molecule has 6 nitrogen and oxygen atoms in total. The number of pyridine rings is 1. The molecule has 1 saturated heterocycles. The molecule has 0 radical (unpaired) electrons. The van der Waals surface area contributed by atoms with Gasteiger partial charge in [-0.25, -0.2) is 0 Å². The zero-order valence-electron chi connectivity index (χ0n) is 13.7. The van der Waals surface area contributed by atoms with Crippen molar-refractivity contribution < 1.29 is 18.9 Å². The molecule has 0 saturated carbocycles. The predicted octanol–water partition coefficient (Wildman–Crippen LogP) is 1.99. The van der Waals surface area contributed by atoms with Crippen LogP contribution in [0.1, 0.15) is 18.7 Å². The summed E-state index contributed by atoms with van der Waals surface area (Å²) in [6.45, 7) is 10.2. The quantitative estimate of drug-likeness (QED) is 0.459. The molecule has 0 bridgehead atoms. The smallest absolute Gasteiger partial charge is 0.137 e. The van der Waals surface area contributed by atoms with Crippen LogP contribution in [0.4, 0.5) is 0 Å². The highest BCUT2D eigenvalue weighted by atomic mass is 16.6. The van der Waals surface area contributed by atoms with Crippen molar-refractivity contribution in [1.82, 2.24) is 9.88 Å². The van der Waals surface area contributed by atoms with Gasteiger partial charge in [-0.3, -0.25) is 9.88 Å². The number of aromatic nitrogens is 1. The van der Waals surface area contributed by atoms with E-state index < -0.39 is 0 Å². The lowest BCUT2D eigenvalue weighted by atomic mass is 10.2. The SMILES string of the molecule is C=COCCOCC1CN(CCOCC)C(c2ccncc2)O1. The monoisotopic (exact) mass is 322 g/mol. The van der Waals surface area contributed by atoms with Gasteiger partial charge in [0.2, 0.25) is 0 Å². The Morgan fingerprint density at radius 3 is 2.87 bits per heavy atom. The van der Waals surface area contributed by atoms with Crippen LogP contribution < -0.4 is 0 Å². The van der Waals surface area contributed by atoms with Crippen LogP contribution in [0.5, 0.6) is 0 Å². The van der Waals surface area contributed by atoms with Crippen LogP contribution in [0.25, 0.3) is 0 Å². The number of rotatable bonds is 11. The molecule has 1 aliphatic rings. The number of hydrogen-bond donors (Lipinski definition) is 0. The molecule has 0 N–H and O–H groups in total. The summed E-state index contributed by atoms with van der Waals surface area (Å²) in [7, 11) is 0. The van der Waals surface area contributed by atoms with Crippen LogP contribution >= 0.6 is 0 Å². The molecule has 0 spiro atoms. The first-order chi connectivity index (χ1) is 11.3. The molecule has 2 unspecified atom stereocenters. The molecule has 1 aromatic heterocycles. The van der Waals surface area contributed by atoms with Crippen molar-refractivity contribution in [1.29, 1.82) is 0 Å². The Morgan fingerprint density at radius 1 is 1.30 bits per heavy atom. The maximum absolute atomic E-state index is 6.15. The van der Waals surface area contributed by atoms with E-state index in [-0.39, 0.29) is 12.3 Å². The van der Waals surface area contributed by atoms with Gasteiger partial charge >= 0.3 is 0 Å². The Morgan fingerprint density at radius 2 is 2.13 bits per heavy atom. The fourth-order valence-corrected chi connectivity index (χ4v) is 2.52. The molecule has 128 valence electrons. The van der Waals surface area contributed by atoms with Gasteiger partial charge in [0.15, 0.2) is 0 Å². The molecular formula is C17H26N2O4. The third-order valence-electron chi connectivity index (χ3n) is 3.58. The van der Waals surface area contributed by atoms with Gasteiger partial charge in [0.05, 0.1) is 32.2 Å². The number of nitrogens with zero attached hydrogens (tertiary/aromatic N) is 2. The van der Waals surface area contributed by atoms with E-state index in [9.17, 15) is 0 Å². The number of hydrogen-bond acceptors (Lipinski definition) is 6. The molecule has 6 heteroatoms. The summed E-state index contributed by atoms with van der Waals surface area (Å²) in [6.07, 6.45) is 4.96. The van der Waals surface area contributed by atoms with E-state index in [1.54, 1.807) is 12.4 Å². The molecule has 0 aliphatic carbocycles. The molecule has 2 atom stereocenters. The summed E-state index contributed by atoms with van der Waals surface area (Å²) in [5.41, 5.74) is 1.11. The van der Waals surface area contributed by atoms with E-state index in [1.807, 2.05) is 19.1 Å². The normalized spacial score (nSPS) is 21.4. The maximum atomic E-state index is 6.15. The van der Waals surface area contributed by atoms with Crippen molar-refractivity contribution >= 4 is 0 Å². The second-order valence-corrected chi connectivity index (χ2v) is 5.20. The predicted molar refractivity (Wildman–Crippen MR) is 86.9 cm³/mol. The minimum absolute atomic E-state index is 0.0403. The van der Waals surface area contributed by atoms with Gasteiger partial charge in [-0.1, -0.05) is 6.58 Å². The molecule has 1 fully saturated rings. The van der Waals surface area contributed by atoms with Crippen molar-refractivity contribution in [3.8, 4) is 0 Å². The van der Waals surface area contributed by atoms with E-state index >= 15 is 0 Å². The van der Waals surface area contributed by atoms with Crippen LogP contribution in [0.3, 0.4) is 0 Å². The molecule has 23 heavy (non-hydrogen) atoms. The summed E-state index contributed by atoms with van der Waals surface area (Å²) < 4.78 is 22.3.